The molecule has 30 heavy (non-hydrogen) atoms. The fourth-order valence-electron chi connectivity index (χ4n) is 2.29. The summed E-state index contributed by atoms with van der Waals surface area (Å²) >= 11 is 3.99. The largest absolute Gasteiger partial charge is 0.480 e. The smallest absolute Gasteiger partial charge is 0.326 e. The number of aliphatic hydroxyl groups is 2. The maximum atomic E-state index is 12.5. The van der Waals surface area contributed by atoms with Crippen LogP contribution in [0.3, 0.4) is 0 Å². The number of nitrogens with zero attached hydrogens (tertiary/aromatic N) is 1. The summed E-state index contributed by atoms with van der Waals surface area (Å²) in [6, 6.07) is -5.33. The predicted octanol–water partition coefficient (Wildman–Crippen LogP) is -3.88. The van der Waals surface area contributed by atoms with Crippen LogP contribution in [-0.2, 0) is 25.6 Å². The molecule has 0 aliphatic rings. The molecule has 0 spiro atoms. The molecule has 0 aromatic carbocycles. The number of amides is 3. The maximum Gasteiger partial charge on any atom is 0.326 e. The quantitative estimate of drug-likeness (QED) is 0.143. The van der Waals surface area contributed by atoms with Crippen LogP contribution in [0.5, 0.6) is 0 Å². The van der Waals surface area contributed by atoms with Gasteiger partial charge >= 0.3 is 5.97 Å². The van der Waals surface area contributed by atoms with Gasteiger partial charge in [-0.2, -0.15) is 12.6 Å². The number of carbonyl (C=O) groups is 4. The van der Waals surface area contributed by atoms with Crippen molar-refractivity contribution in [3.05, 3.63) is 18.2 Å². The number of rotatable bonds is 12. The number of thiol groups is 1. The molecule has 9 N–H and O–H groups in total. The molecular formula is C16H26N6O7S. The van der Waals surface area contributed by atoms with E-state index in [0.717, 1.165) is 0 Å². The van der Waals surface area contributed by atoms with Gasteiger partial charge in [-0.25, -0.2) is 9.78 Å². The lowest BCUT2D eigenvalue weighted by molar-refractivity contribution is -0.142. The fourth-order valence-corrected chi connectivity index (χ4v) is 2.55. The highest BCUT2D eigenvalue weighted by atomic mass is 32.1. The molecule has 168 valence electrons. The normalized spacial score (nSPS) is 15.9. The van der Waals surface area contributed by atoms with Crippen molar-refractivity contribution in [1.82, 2.24) is 25.9 Å². The molecule has 13 nitrogen and oxygen atoms in total. The molecule has 1 aromatic heterocycles. The zero-order chi connectivity index (χ0) is 22.8. The van der Waals surface area contributed by atoms with Crippen molar-refractivity contribution in [2.24, 2.45) is 5.73 Å². The Kier molecular flexibility index (Phi) is 10.2. The Hall–Kier alpha value is -2.68. The van der Waals surface area contributed by atoms with Crippen molar-refractivity contribution in [1.29, 1.82) is 0 Å². The molecule has 1 aromatic rings. The van der Waals surface area contributed by atoms with E-state index < -0.39 is 60.6 Å². The van der Waals surface area contributed by atoms with Gasteiger partial charge in [-0.1, -0.05) is 0 Å². The Morgan fingerprint density at radius 1 is 1.17 bits per heavy atom. The molecule has 0 fully saturated rings. The Bertz CT molecular complexity index is 730. The van der Waals surface area contributed by atoms with Gasteiger partial charge < -0.3 is 42.0 Å². The number of imidazole rings is 1. The highest BCUT2D eigenvalue weighted by Crippen LogP contribution is 2.02. The molecule has 1 heterocycles. The van der Waals surface area contributed by atoms with E-state index in [9.17, 15) is 29.4 Å². The van der Waals surface area contributed by atoms with Crippen LogP contribution in [0.25, 0.3) is 0 Å². The van der Waals surface area contributed by atoms with Gasteiger partial charge in [0.15, 0.2) is 0 Å². The number of hydrogen-bond acceptors (Lipinski definition) is 9. The number of carboxylic acid groups (broad SMARTS) is 1. The Labute approximate surface area is 177 Å². The van der Waals surface area contributed by atoms with Crippen LogP contribution in [0.4, 0.5) is 0 Å². The number of aliphatic hydroxyl groups excluding tert-OH is 2. The van der Waals surface area contributed by atoms with Crippen LogP contribution in [0.1, 0.15) is 12.6 Å². The molecular weight excluding hydrogens is 420 g/mol. The van der Waals surface area contributed by atoms with Gasteiger partial charge in [0, 0.05) is 24.1 Å². The van der Waals surface area contributed by atoms with E-state index in [-0.39, 0.29) is 12.2 Å². The summed E-state index contributed by atoms with van der Waals surface area (Å²) in [6.45, 7) is 0.560. The Morgan fingerprint density at radius 3 is 2.27 bits per heavy atom. The SMILES string of the molecule is CC(O)C(NC(=O)C(N)CO)C(=O)NC(CS)C(=O)NC(Cc1cnc[nH]1)C(=O)O. The van der Waals surface area contributed by atoms with Gasteiger partial charge in [-0.15, -0.1) is 0 Å². The summed E-state index contributed by atoms with van der Waals surface area (Å²) in [5.74, 6) is -4.11. The van der Waals surface area contributed by atoms with Crippen molar-refractivity contribution in [2.75, 3.05) is 12.4 Å². The number of aromatic nitrogens is 2. The number of carboxylic acids is 1. The molecule has 0 aliphatic heterocycles. The molecule has 0 saturated heterocycles. The van der Waals surface area contributed by atoms with E-state index in [2.05, 4.69) is 38.5 Å². The molecule has 0 bridgehead atoms. The van der Waals surface area contributed by atoms with Crippen molar-refractivity contribution >= 4 is 36.3 Å². The lowest BCUT2D eigenvalue weighted by Gasteiger charge is -2.25. The second-order valence-corrected chi connectivity index (χ2v) is 6.81. The zero-order valence-corrected chi connectivity index (χ0v) is 17.0. The van der Waals surface area contributed by atoms with E-state index in [4.69, 9.17) is 10.8 Å². The predicted molar refractivity (Wildman–Crippen MR) is 106 cm³/mol. The van der Waals surface area contributed by atoms with E-state index in [1.165, 1.54) is 19.4 Å². The first-order valence-electron chi connectivity index (χ1n) is 8.87. The molecule has 3 amide bonds. The van der Waals surface area contributed by atoms with Crippen molar-refractivity contribution in [3.63, 3.8) is 0 Å². The van der Waals surface area contributed by atoms with E-state index in [1.54, 1.807) is 0 Å². The first-order valence-corrected chi connectivity index (χ1v) is 9.50. The summed E-state index contributed by atoms with van der Waals surface area (Å²) in [5.41, 5.74) is 5.84. The molecule has 0 saturated carbocycles. The average Bonchev–Trinajstić information content (AvgIpc) is 3.21. The van der Waals surface area contributed by atoms with Crippen LogP contribution >= 0.6 is 12.6 Å². The lowest BCUT2D eigenvalue weighted by Crippen LogP contribution is -2.60. The average molecular weight is 446 g/mol. The number of carbonyl (C=O) groups excluding carboxylic acids is 3. The molecule has 1 rings (SSSR count). The van der Waals surface area contributed by atoms with Crippen molar-refractivity contribution in [3.8, 4) is 0 Å². The standard InChI is InChI=1S/C16H26N6O7S/c1-7(24)12(22-13(25)9(17)4-23)15(27)21-11(5-30)14(26)20-10(16(28)29)2-8-3-18-6-19-8/h3,6-7,9-12,23-24,30H,2,4-5,17H2,1H3,(H,18,19)(H,20,26)(H,21,27)(H,22,25)(H,28,29). The second kappa shape index (κ2) is 12.1. The summed E-state index contributed by atoms with van der Waals surface area (Å²) in [6.07, 6.45) is 1.35. The van der Waals surface area contributed by atoms with Gasteiger partial charge in [0.1, 0.15) is 24.2 Å². The number of H-pyrrole nitrogens is 1. The summed E-state index contributed by atoms with van der Waals surface area (Å²) in [7, 11) is 0. The number of nitrogens with two attached hydrogens (primary N) is 1. The monoisotopic (exact) mass is 446 g/mol. The highest BCUT2D eigenvalue weighted by molar-refractivity contribution is 7.80. The van der Waals surface area contributed by atoms with Crippen LogP contribution in [0.15, 0.2) is 12.5 Å². The zero-order valence-electron chi connectivity index (χ0n) is 16.1. The third-order valence-electron chi connectivity index (χ3n) is 4.01. The number of nitrogens with one attached hydrogen (secondary N) is 4. The summed E-state index contributed by atoms with van der Waals surface area (Å²) in [5, 5.41) is 34.8. The third-order valence-corrected chi connectivity index (χ3v) is 4.37. The van der Waals surface area contributed by atoms with Crippen molar-refractivity contribution < 1.29 is 34.5 Å². The Balaban J connectivity index is 2.80. The molecule has 5 atom stereocenters. The minimum Gasteiger partial charge on any atom is -0.480 e. The first-order chi connectivity index (χ1) is 14.1. The topological polar surface area (TPSA) is 220 Å². The molecule has 0 aliphatic carbocycles. The van der Waals surface area contributed by atoms with E-state index in [1.807, 2.05) is 0 Å². The summed E-state index contributed by atoms with van der Waals surface area (Å²) in [4.78, 5) is 54.6. The first kappa shape index (κ1) is 25.4. The van der Waals surface area contributed by atoms with Crippen LogP contribution in [0.2, 0.25) is 0 Å². The second-order valence-electron chi connectivity index (χ2n) is 6.44. The van der Waals surface area contributed by atoms with Crippen LogP contribution in [-0.4, -0.2) is 91.6 Å². The van der Waals surface area contributed by atoms with Crippen molar-refractivity contribution in [2.45, 2.75) is 43.6 Å². The molecule has 5 unspecified atom stereocenters. The minimum absolute atomic E-state index is 0.0697. The van der Waals surface area contributed by atoms with E-state index in [0.29, 0.717) is 5.69 Å². The minimum atomic E-state index is -1.47. The van der Waals surface area contributed by atoms with Gasteiger partial charge in [0.25, 0.3) is 0 Å². The van der Waals surface area contributed by atoms with Gasteiger partial charge in [0.2, 0.25) is 17.7 Å². The fraction of sp³-hybridized carbons (Fsp3) is 0.562. The van der Waals surface area contributed by atoms with Crippen LogP contribution < -0.4 is 21.7 Å². The third kappa shape index (κ3) is 7.62. The highest BCUT2D eigenvalue weighted by Gasteiger charge is 2.32. The van der Waals surface area contributed by atoms with Crippen LogP contribution in [0, 0.1) is 0 Å². The number of aromatic amines is 1. The molecule has 0 radical (unpaired) electrons. The summed E-state index contributed by atoms with van der Waals surface area (Å²) < 4.78 is 0. The number of hydrogen-bond donors (Lipinski definition) is 9. The Morgan fingerprint density at radius 2 is 1.80 bits per heavy atom. The molecule has 14 heteroatoms. The van der Waals surface area contributed by atoms with Gasteiger partial charge in [-0.05, 0) is 6.92 Å². The maximum absolute atomic E-state index is 12.5. The lowest BCUT2D eigenvalue weighted by atomic mass is 10.1. The van der Waals surface area contributed by atoms with Gasteiger partial charge in [-0.3, -0.25) is 14.4 Å². The van der Waals surface area contributed by atoms with E-state index >= 15 is 0 Å². The van der Waals surface area contributed by atoms with Gasteiger partial charge in [0.05, 0.1) is 19.0 Å². The number of aliphatic carboxylic acids is 1.